The van der Waals surface area contributed by atoms with Crippen LogP contribution in [0.2, 0.25) is 0 Å². The van der Waals surface area contributed by atoms with Crippen molar-refractivity contribution in [2.24, 2.45) is 0 Å². The molecule has 1 heterocycles. The van der Waals surface area contributed by atoms with Crippen molar-refractivity contribution in [3.63, 3.8) is 0 Å². The Morgan fingerprint density at radius 1 is 1.71 bits per heavy atom. The van der Waals surface area contributed by atoms with Gasteiger partial charge in [-0.25, -0.2) is 4.98 Å². The Morgan fingerprint density at radius 3 is 3.14 bits per heavy atom. The lowest BCUT2D eigenvalue weighted by molar-refractivity contribution is -0.140. The highest BCUT2D eigenvalue weighted by Gasteiger charge is 1.99. The van der Waals surface area contributed by atoms with Crippen LogP contribution in [0.25, 0.3) is 0 Å². The minimum atomic E-state index is -0.303. The summed E-state index contributed by atoms with van der Waals surface area (Å²) in [6, 6.07) is 1.32. The molecule has 0 aliphatic rings. The van der Waals surface area contributed by atoms with E-state index in [1.54, 1.807) is 0 Å². The van der Waals surface area contributed by atoms with E-state index >= 15 is 0 Å². The molecule has 0 aliphatic carbocycles. The van der Waals surface area contributed by atoms with E-state index in [0.717, 1.165) is 0 Å². The molecule has 6 nitrogen and oxygen atoms in total. The first kappa shape index (κ1) is 10.2. The summed E-state index contributed by atoms with van der Waals surface area (Å²) in [4.78, 5) is 27.8. The van der Waals surface area contributed by atoms with Crippen molar-refractivity contribution in [1.29, 1.82) is 0 Å². The number of carbonyl (C=O) groups is 1. The normalized spacial score (nSPS) is 9.50. The Bertz CT molecular complexity index is 361. The average Bonchev–Trinajstić information content (AvgIpc) is 2.17. The number of anilines is 1. The van der Waals surface area contributed by atoms with Gasteiger partial charge in [0, 0.05) is 12.6 Å². The van der Waals surface area contributed by atoms with Crippen LogP contribution in [-0.4, -0.2) is 29.6 Å². The fourth-order valence-electron chi connectivity index (χ4n) is 0.860. The third-order valence-electron chi connectivity index (χ3n) is 1.54. The summed E-state index contributed by atoms with van der Waals surface area (Å²) >= 11 is 0. The molecule has 0 atom stereocenters. The van der Waals surface area contributed by atoms with E-state index in [9.17, 15) is 9.59 Å². The Kier molecular flexibility index (Phi) is 3.66. The van der Waals surface area contributed by atoms with Crippen molar-refractivity contribution in [3.8, 4) is 0 Å². The number of methoxy groups -OCH3 is 1. The maximum absolute atomic E-state index is 10.8. The summed E-state index contributed by atoms with van der Waals surface area (Å²) in [6.07, 6.45) is 1.54. The molecule has 0 amide bonds. The first-order chi connectivity index (χ1) is 6.72. The van der Waals surface area contributed by atoms with Gasteiger partial charge in [0.1, 0.15) is 5.82 Å². The van der Waals surface area contributed by atoms with Gasteiger partial charge in [-0.1, -0.05) is 0 Å². The minimum Gasteiger partial charge on any atom is -0.469 e. The summed E-state index contributed by atoms with van der Waals surface area (Å²) in [5, 5.41) is 2.82. The van der Waals surface area contributed by atoms with Crippen LogP contribution < -0.4 is 10.9 Å². The number of hydrogen-bond donors (Lipinski definition) is 2. The van der Waals surface area contributed by atoms with Crippen molar-refractivity contribution >= 4 is 11.8 Å². The lowest BCUT2D eigenvalue weighted by Gasteiger charge is -2.02. The molecule has 1 aromatic heterocycles. The Balaban J connectivity index is 2.39. The van der Waals surface area contributed by atoms with Crippen molar-refractivity contribution in [1.82, 2.24) is 9.97 Å². The van der Waals surface area contributed by atoms with Gasteiger partial charge in [-0.15, -0.1) is 0 Å². The molecule has 2 N–H and O–H groups in total. The zero-order valence-corrected chi connectivity index (χ0v) is 7.74. The van der Waals surface area contributed by atoms with Crippen molar-refractivity contribution in [2.75, 3.05) is 19.0 Å². The third-order valence-corrected chi connectivity index (χ3v) is 1.54. The van der Waals surface area contributed by atoms with E-state index in [1.807, 2.05) is 0 Å². The molecule has 0 aliphatic heterocycles. The Hall–Kier alpha value is -1.85. The molecule has 0 bridgehead atoms. The third kappa shape index (κ3) is 3.26. The molecule has 0 radical (unpaired) electrons. The molecule has 1 rings (SSSR count). The molecular formula is C8H11N3O3. The van der Waals surface area contributed by atoms with Gasteiger partial charge in [-0.3, -0.25) is 9.59 Å². The SMILES string of the molecule is COC(=O)CCNc1cc(=O)[nH]cn1. The largest absolute Gasteiger partial charge is 0.469 e. The highest BCUT2D eigenvalue weighted by molar-refractivity contribution is 5.69. The second kappa shape index (κ2) is 5.00. The van der Waals surface area contributed by atoms with Crippen molar-refractivity contribution < 1.29 is 9.53 Å². The minimum absolute atomic E-state index is 0.236. The fourth-order valence-corrected chi connectivity index (χ4v) is 0.860. The maximum Gasteiger partial charge on any atom is 0.307 e. The number of hydrogen-bond acceptors (Lipinski definition) is 5. The lowest BCUT2D eigenvalue weighted by atomic mass is 10.4. The van der Waals surface area contributed by atoms with Crippen LogP contribution in [-0.2, 0) is 9.53 Å². The average molecular weight is 197 g/mol. The molecule has 1 aromatic rings. The standard InChI is InChI=1S/C8H11N3O3/c1-14-8(13)2-3-9-6-4-7(12)11-5-10-6/h4-5H,2-3H2,1H3,(H2,9,10,11,12). The highest BCUT2D eigenvalue weighted by Crippen LogP contribution is 1.95. The predicted octanol–water partition coefficient (Wildman–Crippen LogP) is -0.255. The second-order valence-electron chi connectivity index (χ2n) is 2.55. The zero-order chi connectivity index (χ0) is 10.4. The highest BCUT2D eigenvalue weighted by atomic mass is 16.5. The first-order valence-electron chi connectivity index (χ1n) is 4.08. The zero-order valence-electron chi connectivity index (χ0n) is 7.74. The summed E-state index contributed by atoms with van der Waals surface area (Å²) in [6.45, 7) is 0.392. The molecule has 6 heteroatoms. The molecule has 0 aromatic carbocycles. The van der Waals surface area contributed by atoms with Gasteiger partial charge in [0.2, 0.25) is 0 Å². The van der Waals surface area contributed by atoms with Gasteiger partial charge in [0.25, 0.3) is 5.56 Å². The number of ether oxygens (including phenoxy) is 1. The van der Waals surface area contributed by atoms with Crippen LogP contribution in [0.15, 0.2) is 17.2 Å². The second-order valence-corrected chi connectivity index (χ2v) is 2.55. The molecule has 0 unspecified atom stereocenters. The maximum atomic E-state index is 10.8. The number of nitrogens with zero attached hydrogens (tertiary/aromatic N) is 1. The number of carbonyl (C=O) groups excluding carboxylic acids is 1. The number of rotatable bonds is 4. The number of aromatic nitrogens is 2. The topological polar surface area (TPSA) is 84.1 Å². The van der Waals surface area contributed by atoms with Gasteiger partial charge in [0.05, 0.1) is 19.9 Å². The first-order valence-corrected chi connectivity index (χ1v) is 4.08. The number of esters is 1. The molecule has 76 valence electrons. The van der Waals surface area contributed by atoms with E-state index in [1.165, 1.54) is 19.5 Å². The number of aromatic amines is 1. The van der Waals surface area contributed by atoms with E-state index in [0.29, 0.717) is 12.4 Å². The van der Waals surface area contributed by atoms with Crippen LogP contribution in [0.5, 0.6) is 0 Å². The van der Waals surface area contributed by atoms with Gasteiger partial charge in [-0.2, -0.15) is 0 Å². The van der Waals surface area contributed by atoms with Gasteiger partial charge in [0.15, 0.2) is 0 Å². The summed E-state index contributed by atoms with van der Waals surface area (Å²) in [7, 11) is 1.33. The van der Waals surface area contributed by atoms with Gasteiger partial charge >= 0.3 is 5.97 Å². The summed E-state index contributed by atoms with van der Waals surface area (Å²) < 4.78 is 4.44. The monoisotopic (exact) mass is 197 g/mol. The molecule has 0 saturated heterocycles. The molecular weight excluding hydrogens is 186 g/mol. The molecule has 0 spiro atoms. The van der Waals surface area contributed by atoms with Crippen molar-refractivity contribution in [2.45, 2.75) is 6.42 Å². The Morgan fingerprint density at radius 2 is 2.50 bits per heavy atom. The smallest absolute Gasteiger partial charge is 0.307 e. The van der Waals surface area contributed by atoms with Crippen LogP contribution in [0.1, 0.15) is 6.42 Å². The fraction of sp³-hybridized carbons (Fsp3) is 0.375. The van der Waals surface area contributed by atoms with Crippen LogP contribution in [0.4, 0.5) is 5.82 Å². The van der Waals surface area contributed by atoms with Gasteiger partial charge < -0.3 is 15.0 Å². The van der Waals surface area contributed by atoms with E-state index < -0.39 is 0 Å². The van der Waals surface area contributed by atoms with Crippen LogP contribution in [0.3, 0.4) is 0 Å². The van der Waals surface area contributed by atoms with Gasteiger partial charge in [-0.05, 0) is 0 Å². The van der Waals surface area contributed by atoms with Crippen LogP contribution in [0, 0.1) is 0 Å². The Labute approximate surface area is 80.3 Å². The number of H-pyrrole nitrogens is 1. The van der Waals surface area contributed by atoms with E-state index in [-0.39, 0.29) is 17.9 Å². The molecule has 14 heavy (non-hydrogen) atoms. The molecule has 0 fully saturated rings. The van der Waals surface area contributed by atoms with Crippen molar-refractivity contribution in [3.05, 3.63) is 22.7 Å². The summed E-state index contributed by atoms with van der Waals surface area (Å²) in [5.74, 6) is 0.139. The quantitative estimate of drug-likeness (QED) is 0.650. The molecule has 0 saturated carbocycles. The van der Waals surface area contributed by atoms with Crippen LogP contribution >= 0.6 is 0 Å². The van der Waals surface area contributed by atoms with E-state index in [4.69, 9.17) is 0 Å². The summed E-state index contributed by atoms with van der Waals surface area (Å²) in [5.41, 5.74) is -0.236. The predicted molar refractivity (Wildman–Crippen MR) is 50.0 cm³/mol. The van der Waals surface area contributed by atoms with E-state index in [2.05, 4.69) is 20.0 Å². The lowest BCUT2D eigenvalue weighted by Crippen LogP contribution is -2.13. The number of nitrogens with one attached hydrogen (secondary N) is 2.